The van der Waals surface area contributed by atoms with Crippen molar-refractivity contribution < 1.29 is 19.1 Å². The van der Waals surface area contributed by atoms with E-state index in [0.717, 1.165) is 5.56 Å². The molecule has 144 valence electrons. The quantitative estimate of drug-likeness (QED) is 0.664. The monoisotopic (exact) mass is 371 g/mol. The molecule has 0 saturated carbocycles. The second-order valence-corrected chi connectivity index (χ2v) is 5.64. The van der Waals surface area contributed by atoms with E-state index in [1.807, 2.05) is 37.3 Å². The van der Waals surface area contributed by atoms with Crippen LogP contribution in [0.5, 0.6) is 11.5 Å². The number of rotatable bonds is 8. The SMILES string of the molecule is CCNC(=O)NC(=O)[C@@H](Nc1ccc(OCC)c(OC)c1)c1ccccc1. The summed E-state index contributed by atoms with van der Waals surface area (Å²) in [5.74, 6) is 0.714. The average Bonchev–Trinajstić information content (AvgIpc) is 2.68. The van der Waals surface area contributed by atoms with Crippen LogP contribution in [-0.4, -0.2) is 32.2 Å². The minimum absolute atomic E-state index is 0.429. The number of carbonyl (C=O) groups excluding carboxylic acids is 2. The zero-order valence-corrected chi connectivity index (χ0v) is 15.7. The van der Waals surface area contributed by atoms with E-state index < -0.39 is 18.0 Å². The van der Waals surface area contributed by atoms with E-state index in [-0.39, 0.29) is 0 Å². The number of amides is 3. The Labute approximate surface area is 159 Å². The van der Waals surface area contributed by atoms with Gasteiger partial charge >= 0.3 is 6.03 Å². The highest BCUT2D eigenvalue weighted by molar-refractivity contribution is 5.98. The van der Waals surface area contributed by atoms with E-state index in [1.54, 1.807) is 32.2 Å². The molecule has 7 heteroatoms. The van der Waals surface area contributed by atoms with E-state index in [9.17, 15) is 9.59 Å². The van der Waals surface area contributed by atoms with Crippen LogP contribution in [0.2, 0.25) is 0 Å². The van der Waals surface area contributed by atoms with Crippen LogP contribution >= 0.6 is 0 Å². The third-order valence-corrected chi connectivity index (χ3v) is 3.74. The highest BCUT2D eigenvalue weighted by Gasteiger charge is 2.22. The normalized spacial score (nSPS) is 11.2. The van der Waals surface area contributed by atoms with Crippen molar-refractivity contribution in [1.29, 1.82) is 0 Å². The Morgan fingerprint density at radius 3 is 2.41 bits per heavy atom. The van der Waals surface area contributed by atoms with Crippen molar-refractivity contribution in [3.8, 4) is 11.5 Å². The van der Waals surface area contributed by atoms with E-state index in [2.05, 4.69) is 16.0 Å². The highest BCUT2D eigenvalue weighted by atomic mass is 16.5. The summed E-state index contributed by atoms with van der Waals surface area (Å²) >= 11 is 0. The molecule has 0 aliphatic heterocycles. The van der Waals surface area contributed by atoms with Gasteiger partial charge in [-0.25, -0.2) is 4.79 Å². The van der Waals surface area contributed by atoms with Crippen LogP contribution < -0.4 is 25.4 Å². The number of hydrogen-bond acceptors (Lipinski definition) is 5. The highest BCUT2D eigenvalue weighted by Crippen LogP contribution is 2.31. The Morgan fingerprint density at radius 1 is 1.04 bits per heavy atom. The average molecular weight is 371 g/mol. The summed E-state index contributed by atoms with van der Waals surface area (Å²) in [7, 11) is 1.55. The molecule has 2 aromatic rings. The van der Waals surface area contributed by atoms with E-state index >= 15 is 0 Å². The molecule has 7 nitrogen and oxygen atoms in total. The maximum Gasteiger partial charge on any atom is 0.321 e. The maximum absolute atomic E-state index is 12.7. The lowest BCUT2D eigenvalue weighted by molar-refractivity contribution is -0.120. The zero-order chi connectivity index (χ0) is 19.6. The summed E-state index contributed by atoms with van der Waals surface area (Å²) in [5.41, 5.74) is 1.39. The molecule has 0 spiro atoms. The van der Waals surface area contributed by atoms with Gasteiger partial charge in [-0.2, -0.15) is 0 Å². The summed E-state index contributed by atoms with van der Waals surface area (Å²) in [5, 5.41) is 8.06. The van der Waals surface area contributed by atoms with Crippen LogP contribution in [0.1, 0.15) is 25.5 Å². The lowest BCUT2D eigenvalue weighted by Crippen LogP contribution is -2.43. The Morgan fingerprint density at radius 2 is 1.78 bits per heavy atom. The molecule has 0 fully saturated rings. The summed E-state index contributed by atoms with van der Waals surface area (Å²) < 4.78 is 10.9. The number of ether oxygens (including phenoxy) is 2. The first-order chi connectivity index (χ1) is 13.1. The smallest absolute Gasteiger partial charge is 0.321 e. The van der Waals surface area contributed by atoms with Gasteiger partial charge in [0.15, 0.2) is 11.5 Å². The summed E-state index contributed by atoms with van der Waals surface area (Å²) in [6, 6.07) is 13.2. The topological polar surface area (TPSA) is 88.7 Å². The molecule has 2 rings (SSSR count). The maximum atomic E-state index is 12.7. The van der Waals surface area contributed by atoms with E-state index in [0.29, 0.717) is 30.3 Å². The number of urea groups is 1. The molecule has 0 saturated heterocycles. The van der Waals surface area contributed by atoms with Gasteiger partial charge in [0.25, 0.3) is 5.91 Å². The van der Waals surface area contributed by atoms with Gasteiger partial charge in [0.2, 0.25) is 0 Å². The molecule has 2 aromatic carbocycles. The fourth-order valence-corrected chi connectivity index (χ4v) is 2.53. The number of methoxy groups -OCH3 is 1. The molecule has 0 bridgehead atoms. The fourth-order valence-electron chi connectivity index (χ4n) is 2.53. The van der Waals surface area contributed by atoms with Crippen molar-refractivity contribution in [2.45, 2.75) is 19.9 Å². The predicted molar refractivity (Wildman–Crippen MR) is 104 cm³/mol. The molecular formula is C20H25N3O4. The third-order valence-electron chi connectivity index (χ3n) is 3.74. The van der Waals surface area contributed by atoms with Crippen LogP contribution in [0.3, 0.4) is 0 Å². The second kappa shape index (κ2) is 10.1. The van der Waals surface area contributed by atoms with Crippen LogP contribution in [0.25, 0.3) is 0 Å². The summed E-state index contributed by atoms with van der Waals surface area (Å²) in [6.07, 6.45) is 0. The number of hydrogen-bond donors (Lipinski definition) is 3. The molecule has 0 aromatic heterocycles. The molecule has 0 radical (unpaired) electrons. The minimum Gasteiger partial charge on any atom is -0.493 e. The number of nitrogens with one attached hydrogen (secondary N) is 3. The standard InChI is InChI=1S/C20H25N3O4/c1-4-21-20(25)23-19(24)18(14-9-7-6-8-10-14)22-15-11-12-16(27-5-2)17(13-15)26-3/h6-13,18,22H,4-5H2,1-3H3,(H2,21,23,24,25)/t18-/m0/s1. The van der Waals surface area contributed by atoms with E-state index in [4.69, 9.17) is 9.47 Å². The summed E-state index contributed by atoms with van der Waals surface area (Å²) in [4.78, 5) is 24.4. The van der Waals surface area contributed by atoms with Gasteiger partial charge in [0, 0.05) is 18.3 Å². The summed E-state index contributed by atoms with van der Waals surface area (Å²) in [6.45, 7) is 4.62. The Bertz CT molecular complexity index is 765. The first kappa shape index (κ1) is 20.1. The van der Waals surface area contributed by atoms with Crippen LogP contribution in [-0.2, 0) is 4.79 Å². The zero-order valence-electron chi connectivity index (χ0n) is 15.7. The van der Waals surface area contributed by atoms with Crippen LogP contribution in [0.4, 0.5) is 10.5 Å². The molecule has 0 unspecified atom stereocenters. The van der Waals surface area contributed by atoms with Crippen LogP contribution in [0, 0.1) is 0 Å². The molecule has 3 amide bonds. The van der Waals surface area contributed by atoms with Crippen LogP contribution in [0.15, 0.2) is 48.5 Å². The largest absolute Gasteiger partial charge is 0.493 e. The minimum atomic E-state index is -0.753. The van der Waals surface area contributed by atoms with Crippen molar-refractivity contribution >= 4 is 17.6 Å². The molecule has 3 N–H and O–H groups in total. The van der Waals surface area contributed by atoms with Crippen molar-refractivity contribution in [2.75, 3.05) is 25.6 Å². The van der Waals surface area contributed by atoms with Gasteiger partial charge in [0.05, 0.1) is 13.7 Å². The number of anilines is 1. The molecule has 0 aliphatic rings. The van der Waals surface area contributed by atoms with Crippen molar-refractivity contribution in [2.24, 2.45) is 0 Å². The first-order valence-electron chi connectivity index (χ1n) is 8.80. The Kier molecular flexibility index (Phi) is 7.49. The molecular weight excluding hydrogens is 346 g/mol. The molecule has 0 aliphatic carbocycles. The van der Waals surface area contributed by atoms with Gasteiger partial charge in [-0.1, -0.05) is 30.3 Å². The molecule has 1 atom stereocenters. The Hall–Kier alpha value is -3.22. The second-order valence-electron chi connectivity index (χ2n) is 5.64. The first-order valence-corrected chi connectivity index (χ1v) is 8.80. The van der Waals surface area contributed by atoms with Gasteiger partial charge in [-0.3, -0.25) is 10.1 Å². The fraction of sp³-hybridized carbons (Fsp3) is 0.300. The van der Waals surface area contributed by atoms with Gasteiger partial charge in [-0.05, 0) is 31.5 Å². The van der Waals surface area contributed by atoms with Crippen molar-refractivity contribution in [3.63, 3.8) is 0 Å². The number of benzene rings is 2. The Balaban J connectivity index is 2.26. The third kappa shape index (κ3) is 5.64. The van der Waals surface area contributed by atoms with Crippen molar-refractivity contribution in [1.82, 2.24) is 10.6 Å². The number of imide groups is 1. The van der Waals surface area contributed by atoms with Crippen molar-refractivity contribution in [3.05, 3.63) is 54.1 Å². The number of carbonyl (C=O) groups is 2. The van der Waals surface area contributed by atoms with Gasteiger partial charge in [-0.15, -0.1) is 0 Å². The van der Waals surface area contributed by atoms with Gasteiger partial charge in [0.1, 0.15) is 6.04 Å². The lowest BCUT2D eigenvalue weighted by atomic mass is 10.1. The lowest BCUT2D eigenvalue weighted by Gasteiger charge is -2.20. The predicted octanol–water partition coefficient (Wildman–Crippen LogP) is 3.09. The molecule has 27 heavy (non-hydrogen) atoms. The van der Waals surface area contributed by atoms with E-state index in [1.165, 1.54) is 0 Å². The van der Waals surface area contributed by atoms with Gasteiger partial charge < -0.3 is 20.1 Å². The molecule has 0 heterocycles.